The first-order valence-electron chi connectivity index (χ1n) is 12.2. The lowest BCUT2D eigenvalue weighted by molar-refractivity contribution is -0.122. The molecule has 0 aromatic heterocycles. The highest BCUT2D eigenvalue weighted by Crippen LogP contribution is 2.31. The van der Waals surface area contributed by atoms with E-state index in [2.05, 4.69) is 60.0 Å². The number of benzene rings is 3. The van der Waals surface area contributed by atoms with Gasteiger partial charge in [-0.25, -0.2) is 14.5 Å². The summed E-state index contributed by atoms with van der Waals surface area (Å²) >= 11 is 2.22. The number of anilines is 1. The summed E-state index contributed by atoms with van der Waals surface area (Å²) in [5.41, 5.74) is 5.35. The van der Waals surface area contributed by atoms with E-state index in [9.17, 15) is 19.2 Å². The lowest BCUT2D eigenvalue weighted by Gasteiger charge is -2.26. The molecule has 3 aromatic rings. The lowest BCUT2D eigenvalue weighted by atomic mass is 9.98. The van der Waals surface area contributed by atoms with Crippen molar-refractivity contribution >= 4 is 58.2 Å². The van der Waals surface area contributed by atoms with Crippen LogP contribution >= 0.6 is 22.6 Å². The molecular formula is C30H27IN2O6. The summed E-state index contributed by atoms with van der Waals surface area (Å²) in [5.74, 6) is -1.46. The first kappa shape index (κ1) is 28.0. The molecule has 1 saturated heterocycles. The Bertz CT molecular complexity index is 1490. The topological polar surface area (TPSA) is 102 Å². The Kier molecular flexibility index (Phi) is 8.49. The number of nitrogens with zero attached hydrogens (tertiary/aromatic N) is 1. The van der Waals surface area contributed by atoms with Gasteiger partial charge in [0.05, 0.1) is 25.0 Å². The van der Waals surface area contributed by atoms with E-state index in [1.165, 1.54) is 41.5 Å². The molecule has 0 radical (unpaired) electrons. The second kappa shape index (κ2) is 11.8. The van der Waals surface area contributed by atoms with Crippen molar-refractivity contribution in [3.05, 3.63) is 97.1 Å². The average molecular weight is 638 g/mol. The molecule has 1 aliphatic rings. The van der Waals surface area contributed by atoms with E-state index in [0.717, 1.165) is 19.6 Å². The Hall–Kier alpha value is -3.99. The van der Waals surface area contributed by atoms with Crippen LogP contribution in [0.3, 0.4) is 0 Å². The fourth-order valence-electron chi connectivity index (χ4n) is 4.46. The van der Waals surface area contributed by atoms with Crippen molar-refractivity contribution in [1.82, 2.24) is 5.32 Å². The number of nitrogens with one attached hydrogen (secondary N) is 1. The monoisotopic (exact) mass is 638 g/mol. The second-order valence-corrected chi connectivity index (χ2v) is 10.2. The van der Waals surface area contributed by atoms with E-state index in [4.69, 9.17) is 9.47 Å². The van der Waals surface area contributed by atoms with Gasteiger partial charge in [0.15, 0.2) is 0 Å². The van der Waals surface area contributed by atoms with Crippen LogP contribution in [-0.2, 0) is 20.7 Å². The number of barbiturate groups is 1. The SMILES string of the molecule is CCOC(=O)c1ccc(N2C(=O)NC(=O)/C(=C\c3cc(I)c(Cc4cc(C)cc(C)c4)c(OC)c3)C2=O)cc1. The van der Waals surface area contributed by atoms with Crippen LogP contribution < -0.4 is 15.0 Å². The van der Waals surface area contributed by atoms with Crippen LogP contribution in [0.5, 0.6) is 5.75 Å². The Morgan fingerprint density at radius 3 is 2.28 bits per heavy atom. The highest BCUT2D eigenvalue weighted by Gasteiger charge is 2.37. The first-order chi connectivity index (χ1) is 18.6. The van der Waals surface area contributed by atoms with Gasteiger partial charge in [0.2, 0.25) is 0 Å². The molecular weight excluding hydrogens is 611 g/mol. The number of hydrogen-bond acceptors (Lipinski definition) is 6. The molecule has 0 spiro atoms. The number of halogens is 1. The van der Waals surface area contributed by atoms with Crippen molar-refractivity contribution in [2.45, 2.75) is 27.2 Å². The molecule has 8 nitrogen and oxygen atoms in total. The number of urea groups is 1. The van der Waals surface area contributed by atoms with Gasteiger partial charge >= 0.3 is 12.0 Å². The van der Waals surface area contributed by atoms with Crippen LogP contribution in [-0.4, -0.2) is 37.5 Å². The largest absolute Gasteiger partial charge is 0.496 e. The molecule has 3 aromatic carbocycles. The number of amides is 4. The quantitative estimate of drug-likeness (QED) is 0.162. The highest BCUT2D eigenvalue weighted by molar-refractivity contribution is 14.1. The smallest absolute Gasteiger partial charge is 0.338 e. The molecule has 0 saturated carbocycles. The third-order valence-corrected chi connectivity index (χ3v) is 7.07. The van der Waals surface area contributed by atoms with Crippen molar-refractivity contribution in [3.63, 3.8) is 0 Å². The van der Waals surface area contributed by atoms with Crippen molar-refractivity contribution < 1.29 is 28.7 Å². The van der Waals surface area contributed by atoms with E-state index >= 15 is 0 Å². The number of carbonyl (C=O) groups excluding carboxylic acids is 4. The maximum absolute atomic E-state index is 13.3. The summed E-state index contributed by atoms with van der Waals surface area (Å²) in [4.78, 5) is 51.4. The Morgan fingerprint density at radius 1 is 1.00 bits per heavy atom. The second-order valence-electron chi connectivity index (χ2n) is 9.08. The fourth-order valence-corrected chi connectivity index (χ4v) is 5.28. The van der Waals surface area contributed by atoms with Crippen LogP contribution in [0, 0.1) is 17.4 Å². The fraction of sp³-hybridized carbons (Fsp3) is 0.200. The summed E-state index contributed by atoms with van der Waals surface area (Å²) in [6, 6.07) is 15.0. The molecule has 1 heterocycles. The molecule has 0 atom stereocenters. The van der Waals surface area contributed by atoms with Crippen molar-refractivity contribution in [1.29, 1.82) is 0 Å². The molecule has 0 unspecified atom stereocenters. The summed E-state index contributed by atoms with van der Waals surface area (Å²) in [5, 5.41) is 2.22. The van der Waals surface area contributed by atoms with E-state index in [1.54, 1.807) is 20.1 Å². The maximum atomic E-state index is 13.3. The van der Waals surface area contributed by atoms with Gasteiger partial charge < -0.3 is 9.47 Å². The van der Waals surface area contributed by atoms with Gasteiger partial charge in [-0.3, -0.25) is 14.9 Å². The van der Waals surface area contributed by atoms with Gasteiger partial charge in [-0.1, -0.05) is 29.3 Å². The summed E-state index contributed by atoms with van der Waals surface area (Å²) < 4.78 is 11.6. The molecule has 1 aliphatic heterocycles. The number of hydrogen-bond donors (Lipinski definition) is 1. The molecule has 0 bridgehead atoms. The maximum Gasteiger partial charge on any atom is 0.338 e. The van der Waals surface area contributed by atoms with Crippen LogP contribution in [0.25, 0.3) is 6.08 Å². The van der Waals surface area contributed by atoms with E-state index in [1.807, 2.05) is 6.07 Å². The summed E-state index contributed by atoms with van der Waals surface area (Å²) in [6.07, 6.45) is 2.10. The number of rotatable bonds is 7. The molecule has 1 N–H and O–H groups in total. The van der Waals surface area contributed by atoms with Gasteiger partial charge in [0.1, 0.15) is 11.3 Å². The number of ether oxygens (including phenoxy) is 2. The summed E-state index contributed by atoms with van der Waals surface area (Å²) in [6.45, 7) is 6.04. The molecule has 4 rings (SSSR count). The van der Waals surface area contributed by atoms with Gasteiger partial charge in [-0.2, -0.15) is 0 Å². The molecule has 4 amide bonds. The average Bonchev–Trinajstić information content (AvgIpc) is 2.87. The van der Waals surface area contributed by atoms with Crippen LogP contribution in [0.1, 0.15) is 45.1 Å². The number of carbonyl (C=O) groups is 4. The lowest BCUT2D eigenvalue weighted by Crippen LogP contribution is -2.54. The predicted molar refractivity (Wildman–Crippen MR) is 156 cm³/mol. The van der Waals surface area contributed by atoms with Crippen molar-refractivity contribution in [2.24, 2.45) is 0 Å². The van der Waals surface area contributed by atoms with E-state index < -0.39 is 23.8 Å². The summed E-state index contributed by atoms with van der Waals surface area (Å²) in [7, 11) is 1.58. The zero-order valence-electron chi connectivity index (χ0n) is 22.0. The van der Waals surface area contributed by atoms with Gasteiger partial charge in [0.25, 0.3) is 11.8 Å². The Labute approximate surface area is 240 Å². The standard InChI is InChI=1S/C30H27IN2O6/c1-5-39-29(36)21-6-8-22(9-7-21)33-28(35)24(27(34)32-30(33)37)14-20-15-25(31)23(26(16-20)38-4)13-19-11-17(2)10-18(3)12-19/h6-12,14-16H,5,13H2,1-4H3,(H,32,34,37)/b24-14+. The number of esters is 1. The van der Waals surface area contributed by atoms with Crippen molar-refractivity contribution in [3.8, 4) is 5.75 Å². The Morgan fingerprint density at radius 2 is 1.67 bits per heavy atom. The normalized spacial score (nSPS) is 14.4. The van der Waals surface area contributed by atoms with Gasteiger partial charge in [0, 0.05) is 15.6 Å². The van der Waals surface area contributed by atoms with E-state index in [-0.39, 0.29) is 23.4 Å². The zero-order chi connectivity index (χ0) is 28.3. The molecule has 39 heavy (non-hydrogen) atoms. The minimum atomic E-state index is -0.873. The minimum Gasteiger partial charge on any atom is -0.496 e. The van der Waals surface area contributed by atoms with E-state index in [0.29, 0.717) is 17.7 Å². The minimum absolute atomic E-state index is 0.205. The van der Waals surface area contributed by atoms with Gasteiger partial charge in [-0.15, -0.1) is 0 Å². The number of imide groups is 2. The number of aryl methyl sites for hydroxylation is 2. The first-order valence-corrected chi connectivity index (χ1v) is 13.3. The third-order valence-electron chi connectivity index (χ3n) is 6.11. The molecule has 1 fully saturated rings. The third kappa shape index (κ3) is 6.19. The van der Waals surface area contributed by atoms with Gasteiger partial charge in [-0.05, 0) is 97.0 Å². The zero-order valence-corrected chi connectivity index (χ0v) is 24.1. The Balaban J connectivity index is 1.66. The van der Waals surface area contributed by atoms with Crippen LogP contribution in [0.4, 0.5) is 10.5 Å². The highest BCUT2D eigenvalue weighted by atomic mass is 127. The molecule has 200 valence electrons. The van der Waals surface area contributed by atoms with Crippen molar-refractivity contribution in [2.75, 3.05) is 18.6 Å². The predicted octanol–water partition coefficient (Wildman–Crippen LogP) is 5.35. The molecule has 0 aliphatic carbocycles. The van der Waals surface area contributed by atoms with Crippen LogP contribution in [0.2, 0.25) is 0 Å². The molecule has 9 heteroatoms. The number of methoxy groups -OCH3 is 1. The van der Waals surface area contributed by atoms with Crippen LogP contribution in [0.15, 0.2) is 60.2 Å².